The molecule has 0 aliphatic heterocycles. The van der Waals surface area contributed by atoms with Gasteiger partial charge in [-0.05, 0) is 37.8 Å². The number of sulfonamides is 1. The highest BCUT2D eigenvalue weighted by atomic mass is 32.2. The second kappa shape index (κ2) is 6.11. The zero-order valence-corrected chi connectivity index (χ0v) is 12.9. The van der Waals surface area contributed by atoms with Crippen LogP contribution in [0, 0.1) is 0 Å². The maximum atomic E-state index is 12.3. The van der Waals surface area contributed by atoms with E-state index >= 15 is 0 Å². The van der Waals surface area contributed by atoms with Crippen LogP contribution < -0.4 is 11.1 Å². The van der Waals surface area contributed by atoms with E-state index in [0.29, 0.717) is 16.6 Å². The third-order valence-electron chi connectivity index (χ3n) is 3.78. The van der Waals surface area contributed by atoms with Gasteiger partial charge in [0.05, 0.1) is 5.69 Å². The smallest absolute Gasteiger partial charge is 0.244 e. The van der Waals surface area contributed by atoms with E-state index in [1.807, 2.05) is 12.1 Å². The molecule has 0 heterocycles. The van der Waals surface area contributed by atoms with Crippen molar-refractivity contribution in [3.05, 3.63) is 24.3 Å². The number of hydrogen-bond donors (Lipinski definition) is 2. The van der Waals surface area contributed by atoms with Gasteiger partial charge in [0, 0.05) is 26.2 Å². The van der Waals surface area contributed by atoms with Gasteiger partial charge in [-0.2, -0.15) is 0 Å². The van der Waals surface area contributed by atoms with Gasteiger partial charge in [0.15, 0.2) is 0 Å². The number of anilines is 1. The molecule has 1 saturated carbocycles. The summed E-state index contributed by atoms with van der Waals surface area (Å²) in [7, 11) is -0.328. The molecular weight excluding hydrogens is 274 g/mol. The Labute approximate surface area is 121 Å². The lowest BCUT2D eigenvalue weighted by molar-refractivity contribution is 0.410. The Morgan fingerprint density at radius 1 is 1.15 bits per heavy atom. The van der Waals surface area contributed by atoms with Gasteiger partial charge < -0.3 is 11.1 Å². The molecule has 0 radical (unpaired) electrons. The Morgan fingerprint density at radius 3 is 2.35 bits per heavy atom. The zero-order chi connectivity index (χ0) is 14.8. The summed E-state index contributed by atoms with van der Waals surface area (Å²) in [5.41, 5.74) is 6.58. The van der Waals surface area contributed by atoms with E-state index < -0.39 is 10.0 Å². The third kappa shape index (κ3) is 3.31. The van der Waals surface area contributed by atoms with E-state index in [2.05, 4.69) is 5.32 Å². The lowest BCUT2D eigenvalue weighted by Crippen LogP contribution is -2.33. The number of nitrogens with two attached hydrogens (primary N) is 1. The average molecular weight is 297 g/mol. The first-order chi connectivity index (χ1) is 9.41. The summed E-state index contributed by atoms with van der Waals surface area (Å²) in [6.07, 6.45) is 3.94. The standard InChI is InChI=1S/C14H23N3O2S/c1-17(2)20(18,19)14-6-4-3-5-13(14)16-12-9-7-11(15)8-10-12/h3-6,11-12,16H,7-10,15H2,1-2H3. The zero-order valence-electron chi connectivity index (χ0n) is 12.0. The summed E-state index contributed by atoms with van der Waals surface area (Å²) in [5.74, 6) is 0. The molecular formula is C14H23N3O2S. The molecule has 1 aliphatic rings. The van der Waals surface area contributed by atoms with E-state index in [1.165, 1.54) is 4.31 Å². The predicted octanol–water partition coefficient (Wildman–Crippen LogP) is 1.62. The Hall–Kier alpha value is -1.11. The summed E-state index contributed by atoms with van der Waals surface area (Å²) < 4.78 is 25.9. The average Bonchev–Trinajstić information content (AvgIpc) is 2.41. The van der Waals surface area contributed by atoms with Crippen LogP contribution in [0.4, 0.5) is 5.69 Å². The number of rotatable bonds is 4. The fraction of sp³-hybridized carbons (Fsp3) is 0.571. The molecule has 1 fully saturated rings. The van der Waals surface area contributed by atoms with Crippen LogP contribution >= 0.6 is 0 Å². The minimum Gasteiger partial charge on any atom is -0.381 e. The molecule has 0 bridgehead atoms. The Morgan fingerprint density at radius 2 is 1.75 bits per heavy atom. The topological polar surface area (TPSA) is 75.4 Å². The van der Waals surface area contributed by atoms with E-state index in [4.69, 9.17) is 5.73 Å². The SMILES string of the molecule is CN(C)S(=O)(=O)c1ccccc1NC1CCC(N)CC1. The first-order valence-electron chi connectivity index (χ1n) is 6.95. The number of benzene rings is 1. The van der Waals surface area contributed by atoms with Gasteiger partial charge in [-0.15, -0.1) is 0 Å². The van der Waals surface area contributed by atoms with Gasteiger partial charge in [-0.25, -0.2) is 12.7 Å². The second-order valence-corrected chi connectivity index (χ2v) is 7.66. The van der Waals surface area contributed by atoms with Crippen molar-refractivity contribution in [2.75, 3.05) is 19.4 Å². The van der Waals surface area contributed by atoms with Gasteiger partial charge in [0.2, 0.25) is 10.0 Å². The van der Waals surface area contributed by atoms with Crippen LogP contribution in [-0.4, -0.2) is 38.9 Å². The van der Waals surface area contributed by atoms with Crippen LogP contribution in [-0.2, 0) is 10.0 Å². The molecule has 112 valence electrons. The summed E-state index contributed by atoms with van der Waals surface area (Å²) in [5, 5.41) is 3.37. The van der Waals surface area contributed by atoms with Gasteiger partial charge in [-0.3, -0.25) is 0 Å². The molecule has 0 aromatic heterocycles. The van der Waals surface area contributed by atoms with Crippen molar-refractivity contribution < 1.29 is 8.42 Å². The van der Waals surface area contributed by atoms with E-state index in [1.54, 1.807) is 26.2 Å². The maximum absolute atomic E-state index is 12.3. The fourth-order valence-electron chi connectivity index (χ4n) is 2.49. The Bertz CT molecular complexity index is 549. The highest BCUT2D eigenvalue weighted by Crippen LogP contribution is 2.27. The van der Waals surface area contributed by atoms with Gasteiger partial charge in [-0.1, -0.05) is 12.1 Å². The van der Waals surface area contributed by atoms with Crippen LogP contribution in [0.25, 0.3) is 0 Å². The largest absolute Gasteiger partial charge is 0.381 e. The minimum absolute atomic E-state index is 0.286. The van der Waals surface area contributed by atoms with Crippen molar-refractivity contribution in [3.8, 4) is 0 Å². The molecule has 0 saturated heterocycles. The molecule has 1 aliphatic carbocycles. The van der Waals surface area contributed by atoms with Gasteiger partial charge in [0.25, 0.3) is 0 Å². The number of nitrogens with one attached hydrogen (secondary N) is 1. The first kappa shape index (κ1) is 15.3. The fourth-order valence-corrected chi connectivity index (χ4v) is 3.54. The molecule has 5 nitrogen and oxygen atoms in total. The third-order valence-corrected chi connectivity index (χ3v) is 5.65. The lowest BCUT2D eigenvalue weighted by atomic mass is 9.92. The molecule has 1 aromatic rings. The molecule has 0 spiro atoms. The van der Waals surface area contributed by atoms with Crippen LogP contribution in [0.1, 0.15) is 25.7 Å². The van der Waals surface area contributed by atoms with Crippen molar-refractivity contribution >= 4 is 15.7 Å². The highest BCUT2D eigenvalue weighted by molar-refractivity contribution is 7.89. The number of nitrogens with zero attached hydrogens (tertiary/aromatic N) is 1. The number of para-hydroxylation sites is 1. The van der Waals surface area contributed by atoms with Gasteiger partial charge >= 0.3 is 0 Å². The molecule has 0 amide bonds. The van der Waals surface area contributed by atoms with E-state index in [0.717, 1.165) is 25.7 Å². The molecule has 0 atom stereocenters. The molecule has 20 heavy (non-hydrogen) atoms. The van der Waals surface area contributed by atoms with Crippen molar-refractivity contribution in [1.29, 1.82) is 0 Å². The second-order valence-electron chi connectivity index (χ2n) is 5.54. The normalized spacial score (nSPS) is 23.8. The lowest BCUT2D eigenvalue weighted by Gasteiger charge is -2.28. The van der Waals surface area contributed by atoms with Crippen molar-refractivity contribution in [2.24, 2.45) is 5.73 Å². The van der Waals surface area contributed by atoms with Crippen molar-refractivity contribution in [3.63, 3.8) is 0 Å². The predicted molar refractivity (Wildman–Crippen MR) is 81.2 cm³/mol. The number of hydrogen-bond acceptors (Lipinski definition) is 4. The Kier molecular flexibility index (Phi) is 4.67. The maximum Gasteiger partial charge on any atom is 0.244 e. The van der Waals surface area contributed by atoms with Crippen LogP contribution in [0.2, 0.25) is 0 Å². The van der Waals surface area contributed by atoms with Crippen molar-refractivity contribution in [1.82, 2.24) is 4.31 Å². The molecule has 1 aromatic carbocycles. The Balaban J connectivity index is 2.21. The summed E-state index contributed by atoms with van der Waals surface area (Å²) >= 11 is 0. The summed E-state index contributed by atoms with van der Waals surface area (Å²) in [4.78, 5) is 0.333. The summed E-state index contributed by atoms with van der Waals surface area (Å²) in [6, 6.07) is 7.66. The van der Waals surface area contributed by atoms with Crippen LogP contribution in [0.15, 0.2) is 29.2 Å². The van der Waals surface area contributed by atoms with Crippen molar-refractivity contribution in [2.45, 2.75) is 42.7 Å². The molecule has 0 unspecified atom stereocenters. The van der Waals surface area contributed by atoms with E-state index in [-0.39, 0.29) is 6.04 Å². The minimum atomic E-state index is -3.42. The molecule has 3 N–H and O–H groups in total. The first-order valence-corrected chi connectivity index (χ1v) is 8.39. The van der Waals surface area contributed by atoms with Crippen LogP contribution in [0.3, 0.4) is 0 Å². The van der Waals surface area contributed by atoms with Gasteiger partial charge in [0.1, 0.15) is 4.90 Å². The molecule has 2 rings (SSSR count). The van der Waals surface area contributed by atoms with E-state index in [9.17, 15) is 8.42 Å². The quantitative estimate of drug-likeness (QED) is 0.885. The molecule has 6 heteroatoms. The summed E-state index contributed by atoms with van der Waals surface area (Å²) in [6.45, 7) is 0. The monoisotopic (exact) mass is 297 g/mol. The highest BCUT2D eigenvalue weighted by Gasteiger charge is 2.24. The van der Waals surface area contributed by atoms with Crippen LogP contribution in [0.5, 0.6) is 0 Å².